The fourth-order valence-electron chi connectivity index (χ4n) is 2.93. The number of pyridine rings is 2. The lowest BCUT2D eigenvalue weighted by molar-refractivity contribution is 0.331. The molecule has 0 radical (unpaired) electrons. The third-order valence-corrected chi connectivity index (χ3v) is 4.53. The van der Waals surface area contributed by atoms with Gasteiger partial charge in [0.05, 0.1) is 5.69 Å². The molecule has 0 bridgehead atoms. The van der Waals surface area contributed by atoms with Crippen LogP contribution in [0.25, 0.3) is 5.57 Å². The summed E-state index contributed by atoms with van der Waals surface area (Å²) in [5.41, 5.74) is 5.67. The van der Waals surface area contributed by atoms with Crippen molar-refractivity contribution in [2.75, 3.05) is 11.9 Å². The van der Waals surface area contributed by atoms with Crippen molar-refractivity contribution in [2.24, 2.45) is 7.05 Å². The maximum atomic E-state index is 12.3. The van der Waals surface area contributed by atoms with Crippen LogP contribution in [-0.2, 0) is 13.6 Å². The van der Waals surface area contributed by atoms with E-state index in [4.69, 9.17) is 4.74 Å². The number of anilines is 1. The molecule has 4 rings (SSSR count). The highest BCUT2D eigenvalue weighted by Crippen LogP contribution is 2.39. The van der Waals surface area contributed by atoms with E-state index in [0.717, 1.165) is 23.4 Å². The lowest BCUT2D eigenvalue weighted by Crippen LogP contribution is -2.23. The Morgan fingerprint density at radius 2 is 2.14 bits per heavy atom. The highest BCUT2D eigenvalue weighted by atomic mass is 16.5. The molecule has 7 heteroatoms. The molecule has 0 fully saturated rings. The van der Waals surface area contributed by atoms with E-state index in [9.17, 15) is 4.79 Å². The molecule has 0 saturated heterocycles. The van der Waals surface area contributed by atoms with E-state index in [0.29, 0.717) is 24.7 Å². The third kappa shape index (κ3) is 4.09. The third-order valence-electron chi connectivity index (χ3n) is 4.53. The van der Waals surface area contributed by atoms with Crippen molar-refractivity contribution in [1.29, 1.82) is 0 Å². The molecule has 1 N–H and O–H groups in total. The fourth-order valence-corrected chi connectivity index (χ4v) is 2.93. The van der Waals surface area contributed by atoms with Crippen LogP contribution in [0, 0.1) is 6.92 Å². The van der Waals surface area contributed by atoms with Crippen LogP contribution in [0.2, 0.25) is 0 Å². The molecule has 3 aromatic heterocycles. The summed E-state index contributed by atoms with van der Waals surface area (Å²) in [5.74, 6) is 0.409. The van der Waals surface area contributed by atoms with Crippen LogP contribution in [-0.4, -0.2) is 26.4 Å². The number of aromatic nitrogens is 4. The molecule has 0 saturated carbocycles. The monoisotopic (exact) mass is 375 g/mol. The van der Waals surface area contributed by atoms with Gasteiger partial charge in [-0.3, -0.25) is 14.8 Å². The zero-order valence-corrected chi connectivity index (χ0v) is 15.8. The normalized spacial score (nSPS) is 12.8. The van der Waals surface area contributed by atoms with Gasteiger partial charge in [0, 0.05) is 37.7 Å². The molecular formula is C21H21N5O2. The standard InChI is InChI=1S/C21H21N5O2/c1-14-5-3-7-18(24-14)17-9-16(17)13-28-20-10-19(21(27)26(2)25-20)23-12-15-6-4-8-22-11-15/h3-8,10-11,23H,9,12-13H2,1-2H3. The lowest BCUT2D eigenvalue weighted by atomic mass is 10.2. The summed E-state index contributed by atoms with van der Waals surface area (Å²) in [7, 11) is 1.61. The molecule has 0 atom stereocenters. The van der Waals surface area contributed by atoms with Crippen LogP contribution < -0.4 is 15.6 Å². The number of hydrogen-bond donors (Lipinski definition) is 1. The molecule has 3 heterocycles. The molecule has 0 spiro atoms. The topological polar surface area (TPSA) is 81.9 Å². The van der Waals surface area contributed by atoms with Gasteiger partial charge in [-0.2, -0.15) is 0 Å². The molecule has 28 heavy (non-hydrogen) atoms. The minimum absolute atomic E-state index is 0.202. The number of nitrogens with zero attached hydrogens (tertiary/aromatic N) is 4. The summed E-state index contributed by atoms with van der Waals surface area (Å²) in [6.07, 6.45) is 4.37. The van der Waals surface area contributed by atoms with Gasteiger partial charge in [-0.05, 0) is 48.3 Å². The molecule has 0 unspecified atom stereocenters. The molecule has 0 aromatic carbocycles. The van der Waals surface area contributed by atoms with Crippen LogP contribution in [0.4, 0.5) is 5.69 Å². The zero-order valence-electron chi connectivity index (χ0n) is 15.8. The Hall–Kier alpha value is -3.48. The van der Waals surface area contributed by atoms with Crippen LogP contribution in [0.15, 0.2) is 59.2 Å². The maximum absolute atomic E-state index is 12.3. The molecular weight excluding hydrogens is 354 g/mol. The van der Waals surface area contributed by atoms with E-state index < -0.39 is 0 Å². The molecule has 1 aliphatic rings. The van der Waals surface area contributed by atoms with Gasteiger partial charge in [0.2, 0.25) is 5.88 Å². The quantitative estimate of drug-likeness (QED) is 0.684. The van der Waals surface area contributed by atoms with Crippen LogP contribution in [0.3, 0.4) is 0 Å². The Morgan fingerprint density at radius 3 is 2.93 bits per heavy atom. The number of ether oxygens (including phenoxy) is 1. The summed E-state index contributed by atoms with van der Waals surface area (Å²) >= 11 is 0. The summed E-state index contributed by atoms with van der Waals surface area (Å²) in [4.78, 5) is 20.9. The Balaban J connectivity index is 1.44. The van der Waals surface area contributed by atoms with Crippen molar-refractivity contribution >= 4 is 11.3 Å². The number of rotatable bonds is 7. The van der Waals surface area contributed by atoms with Crippen molar-refractivity contribution < 1.29 is 4.74 Å². The van der Waals surface area contributed by atoms with Gasteiger partial charge in [-0.1, -0.05) is 12.1 Å². The van der Waals surface area contributed by atoms with Crippen LogP contribution in [0.1, 0.15) is 23.4 Å². The second-order valence-electron chi connectivity index (χ2n) is 6.75. The van der Waals surface area contributed by atoms with Gasteiger partial charge < -0.3 is 10.1 Å². The smallest absolute Gasteiger partial charge is 0.290 e. The minimum Gasteiger partial charge on any atom is -0.472 e. The van der Waals surface area contributed by atoms with Gasteiger partial charge >= 0.3 is 0 Å². The number of allylic oxidation sites excluding steroid dienone is 1. The molecule has 0 amide bonds. The molecule has 1 aliphatic carbocycles. The first-order valence-corrected chi connectivity index (χ1v) is 9.09. The van der Waals surface area contributed by atoms with Crippen LogP contribution >= 0.6 is 0 Å². The van der Waals surface area contributed by atoms with Crippen molar-refractivity contribution in [3.8, 4) is 5.88 Å². The average molecular weight is 375 g/mol. The van der Waals surface area contributed by atoms with Crippen molar-refractivity contribution in [3.63, 3.8) is 0 Å². The first kappa shape index (κ1) is 17.9. The Morgan fingerprint density at radius 1 is 1.25 bits per heavy atom. The number of nitrogens with one attached hydrogen (secondary N) is 1. The largest absolute Gasteiger partial charge is 0.472 e. The van der Waals surface area contributed by atoms with E-state index in [1.807, 2.05) is 37.3 Å². The Bertz CT molecular complexity index is 1090. The second-order valence-corrected chi connectivity index (χ2v) is 6.75. The Kier molecular flexibility index (Phi) is 4.89. The molecule has 7 nitrogen and oxygen atoms in total. The lowest BCUT2D eigenvalue weighted by Gasteiger charge is -2.10. The second kappa shape index (κ2) is 7.64. The average Bonchev–Trinajstić information content (AvgIpc) is 3.48. The zero-order chi connectivity index (χ0) is 19.5. The van der Waals surface area contributed by atoms with Crippen molar-refractivity contribution in [1.82, 2.24) is 19.7 Å². The summed E-state index contributed by atoms with van der Waals surface area (Å²) in [5, 5.41) is 7.33. The highest BCUT2D eigenvalue weighted by molar-refractivity contribution is 5.81. The van der Waals surface area contributed by atoms with Crippen molar-refractivity contribution in [3.05, 3.63) is 81.7 Å². The van der Waals surface area contributed by atoms with Gasteiger partial charge in [-0.15, -0.1) is 5.10 Å². The highest BCUT2D eigenvalue weighted by Gasteiger charge is 2.25. The summed E-state index contributed by atoms with van der Waals surface area (Å²) < 4.78 is 7.11. The van der Waals surface area contributed by atoms with E-state index in [2.05, 4.69) is 20.4 Å². The Labute approximate surface area is 162 Å². The molecule has 142 valence electrons. The predicted molar refractivity (Wildman–Crippen MR) is 107 cm³/mol. The van der Waals surface area contributed by atoms with Gasteiger partial charge in [0.25, 0.3) is 5.56 Å². The van der Waals surface area contributed by atoms with E-state index in [-0.39, 0.29) is 5.56 Å². The van der Waals surface area contributed by atoms with E-state index in [1.165, 1.54) is 15.8 Å². The first-order chi connectivity index (χ1) is 13.6. The van der Waals surface area contributed by atoms with E-state index in [1.54, 1.807) is 25.5 Å². The summed E-state index contributed by atoms with van der Waals surface area (Å²) in [6.45, 7) is 2.93. The SMILES string of the molecule is Cc1cccc(C2=C(COc3cc(NCc4cccnc4)c(=O)n(C)n3)C2)n1. The number of hydrogen-bond acceptors (Lipinski definition) is 6. The van der Waals surface area contributed by atoms with Gasteiger partial charge in [0.15, 0.2) is 0 Å². The van der Waals surface area contributed by atoms with Crippen LogP contribution in [0.5, 0.6) is 5.88 Å². The van der Waals surface area contributed by atoms with E-state index >= 15 is 0 Å². The van der Waals surface area contributed by atoms with Gasteiger partial charge in [0.1, 0.15) is 12.3 Å². The fraction of sp³-hybridized carbons (Fsp3) is 0.238. The molecule has 0 aliphatic heterocycles. The molecule has 3 aromatic rings. The van der Waals surface area contributed by atoms with Crippen molar-refractivity contribution in [2.45, 2.75) is 19.9 Å². The van der Waals surface area contributed by atoms with Gasteiger partial charge in [-0.25, -0.2) is 4.68 Å². The maximum Gasteiger partial charge on any atom is 0.290 e. The predicted octanol–water partition coefficient (Wildman–Crippen LogP) is 2.73. The summed E-state index contributed by atoms with van der Waals surface area (Å²) in [6, 6.07) is 11.5. The first-order valence-electron chi connectivity index (χ1n) is 9.09. The number of aryl methyl sites for hydroxylation is 2. The minimum atomic E-state index is -0.202.